The molecular formula is C20H20O7. The summed E-state index contributed by atoms with van der Waals surface area (Å²) in [5, 5.41) is 0. The van der Waals surface area contributed by atoms with Gasteiger partial charge in [0.2, 0.25) is 5.78 Å². The summed E-state index contributed by atoms with van der Waals surface area (Å²) < 4.78 is 20.5. The molecular weight excluding hydrogens is 352 g/mol. The van der Waals surface area contributed by atoms with E-state index in [1.54, 1.807) is 36.4 Å². The van der Waals surface area contributed by atoms with Crippen LogP contribution < -0.4 is 14.2 Å². The number of carbonyl (C=O) groups is 3. The van der Waals surface area contributed by atoms with Crippen LogP contribution in [0.2, 0.25) is 0 Å². The van der Waals surface area contributed by atoms with Crippen molar-refractivity contribution in [3.8, 4) is 17.2 Å². The Kier molecular flexibility index (Phi) is 6.93. The molecule has 0 amide bonds. The predicted molar refractivity (Wildman–Crippen MR) is 96.8 cm³/mol. The van der Waals surface area contributed by atoms with Crippen molar-refractivity contribution in [2.75, 3.05) is 27.4 Å². The smallest absolute Gasteiger partial charge is 0.344 e. The van der Waals surface area contributed by atoms with E-state index in [9.17, 15) is 14.4 Å². The summed E-state index contributed by atoms with van der Waals surface area (Å²) in [6, 6.07) is 11.1. The lowest BCUT2D eigenvalue weighted by molar-refractivity contribution is -0.144. The summed E-state index contributed by atoms with van der Waals surface area (Å²) in [5.74, 6) is 0.0810. The molecule has 0 saturated heterocycles. The van der Waals surface area contributed by atoms with Crippen molar-refractivity contribution in [2.24, 2.45) is 0 Å². The van der Waals surface area contributed by atoms with Crippen LogP contribution in [0.1, 0.15) is 27.6 Å². The maximum Gasteiger partial charge on any atom is 0.344 e. The fraction of sp³-hybridized carbons (Fsp3) is 0.250. The molecule has 0 aliphatic heterocycles. The maximum absolute atomic E-state index is 12.3. The average Bonchev–Trinajstić information content (AvgIpc) is 2.70. The molecule has 2 aromatic carbocycles. The van der Waals surface area contributed by atoms with Crippen LogP contribution in [0.3, 0.4) is 0 Å². The van der Waals surface area contributed by atoms with Crippen molar-refractivity contribution in [2.45, 2.75) is 6.92 Å². The first-order valence-corrected chi connectivity index (χ1v) is 8.09. The molecule has 0 aliphatic carbocycles. The Hall–Kier alpha value is -3.35. The highest BCUT2D eigenvalue weighted by atomic mass is 16.6. The van der Waals surface area contributed by atoms with Crippen molar-refractivity contribution in [1.82, 2.24) is 0 Å². The monoisotopic (exact) mass is 372 g/mol. The Bertz CT molecular complexity index is 825. The third-order valence-corrected chi connectivity index (χ3v) is 3.69. The number of hydrogen-bond donors (Lipinski definition) is 0. The van der Waals surface area contributed by atoms with Crippen LogP contribution in [-0.4, -0.2) is 45.0 Å². The second-order valence-corrected chi connectivity index (χ2v) is 5.52. The SMILES string of the molecule is COc1ccc(OC)c(C(=O)COC(=O)COc2ccc(C(C)=O)cc2)c1. The van der Waals surface area contributed by atoms with E-state index in [-0.39, 0.29) is 18.0 Å². The van der Waals surface area contributed by atoms with E-state index in [0.717, 1.165) is 0 Å². The summed E-state index contributed by atoms with van der Waals surface area (Å²) in [4.78, 5) is 35.3. The average molecular weight is 372 g/mol. The van der Waals surface area contributed by atoms with E-state index in [1.807, 2.05) is 0 Å². The van der Waals surface area contributed by atoms with Crippen molar-refractivity contribution in [3.63, 3.8) is 0 Å². The van der Waals surface area contributed by atoms with Gasteiger partial charge in [-0.3, -0.25) is 9.59 Å². The molecule has 2 rings (SSSR count). The van der Waals surface area contributed by atoms with E-state index in [0.29, 0.717) is 22.8 Å². The fourth-order valence-corrected chi connectivity index (χ4v) is 2.23. The Morgan fingerprint density at radius 1 is 0.852 bits per heavy atom. The van der Waals surface area contributed by atoms with E-state index in [4.69, 9.17) is 18.9 Å². The summed E-state index contributed by atoms with van der Waals surface area (Å²) in [6.45, 7) is 0.651. The molecule has 0 aliphatic rings. The van der Waals surface area contributed by atoms with Crippen LogP contribution in [-0.2, 0) is 9.53 Å². The molecule has 7 heteroatoms. The first-order valence-electron chi connectivity index (χ1n) is 8.09. The van der Waals surface area contributed by atoms with Crippen molar-refractivity contribution in [3.05, 3.63) is 53.6 Å². The number of methoxy groups -OCH3 is 2. The summed E-state index contributed by atoms with van der Waals surface area (Å²) >= 11 is 0. The number of rotatable bonds is 9. The molecule has 0 bridgehead atoms. The van der Waals surface area contributed by atoms with Crippen LogP contribution in [0, 0.1) is 0 Å². The molecule has 2 aromatic rings. The topological polar surface area (TPSA) is 88.1 Å². The van der Waals surface area contributed by atoms with Crippen molar-refractivity contribution >= 4 is 17.5 Å². The Morgan fingerprint density at radius 3 is 2.11 bits per heavy atom. The standard InChI is InChI=1S/C20H20O7/c1-13(21)14-4-6-15(7-5-14)26-12-20(23)27-11-18(22)17-10-16(24-2)8-9-19(17)25-3/h4-10H,11-12H2,1-3H3. The molecule has 0 heterocycles. The summed E-state index contributed by atoms with van der Waals surface area (Å²) in [7, 11) is 2.92. The third kappa shape index (κ3) is 5.57. The zero-order valence-electron chi connectivity index (χ0n) is 15.3. The Morgan fingerprint density at radius 2 is 1.52 bits per heavy atom. The van der Waals surface area contributed by atoms with Gasteiger partial charge in [-0.25, -0.2) is 4.79 Å². The highest BCUT2D eigenvalue weighted by Gasteiger charge is 2.16. The van der Waals surface area contributed by atoms with Crippen LogP contribution in [0.4, 0.5) is 0 Å². The van der Waals surface area contributed by atoms with Gasteiger partial charge in [0.1, 0.15) is 17.2 Å². The normalized spacial score (nSPS) is 10.0. The number of carbonyl (C=O) groups excluding carboxylic acids is 3. The van der Waals surface area contributed by atoms with Crippen molar-refractivity contribution < 1.29 is 33.3 Å². The van der Waals surface area contributed by atoms with Crippen LogP contribution >= 0.6 is 0 Å². The Labute approximate surface area is 156 Å². The minimum Gasteiger partial charge on any atom is -0.497 e. The third-order valence-electron chi connectivity index (χ3n) is 3.69. The van der Waals surface area contributed by atoms with E-state index in [1.165, 1.54) is 27.2 Å². The van der Waals surface area contributed by atoms with E-state index in [2.05, 4.69) is 0 Å². The van der Waals surface area contributed by atoms with Gasteiger partial charge in [0.05, 0.1) is 19.8 Å². The first-order chi connectivity index (χ1) is 12.9. The lowest BCUT2D eigenvalue weighted by Crippen LogP contribution is -2.20. The molecule has 0 saturated carbocycles. The highest BCUT2D eigenvalue weighted by molar-refractivity contribution is 6.00. The number of ketones is 2. The lowest BCUT2D eigenvalue weighted by Gasteiger charge is -2.10. The quantitative estimate of drug-likeness (QED) is 0.494. The minimum absolute atomic E-state index is 0.0626. The van der Waals surface area contributed by atoms with E-state index >= 15 is 0 Å². The molecule has 7 nitrogen and oxygen atoms in total. The maximum atomic E-state index is 12.3. The zero-order valence-corrected chi connectivity index (χ0v) is 15.3. The predicted octanol–water partition coefficient (Wildman–Crippen LogP) is 2.71. The number of esters is 1. The van der Waals surface area contributed by atoms with Crippen molar-refractivity contribution in [1.29, 1.82) is 0 Å². The second kappa shape index (κ2) is 9.38. The number of hydrogen-bond acceptors (Lipinski definition) is 7. The van der Waals surface area contributed by atoms with Crippen LogP contribution in [0.25, 0.3) is 0 Å². The van der Waals surface area contributed by atoms with E-state index < -0.39 is 18.4 Å². The molecule has 27 heavy (non-hydrogen) atoms. The van der Waals surface area contributed by atoms with Gasteiger partial charge in [-0.1, -0.05) is 0 Å². The van der Waals surface area contributed by atoms with Gasteiger partial charge in [0.15, 0.2) is 19.0 Å². The molecule has 0 fully saturated rings. The molecule has 0 radical (unpaired) electrons. The van der Waals surface area contributed by atoms with Crippen LogP contribution in [0.5, 0.6) is 17.2 Å². The highest BCUT2D eigenvalue weighted by Crippen LogP contribution is 2.24. The molecule has 0 spiro atoms. The number of benzene rings is 2. The van der Waals surface area contributed by atoms with Gasteiger partial charge < -0.3 is 18.9 Å². The number of ether oxygens (including phenoxy) is 4. The summed E-state index contributed by atoms with van der Waals surface area (Å²) in [5.41, 5.74) is 0.799. The van der Waals surface area contributed by atoms with Crippen LogP contribution in [0.15, 0.2) is 42.5 Å². The van der Waals surface area contributed by atoms with Gasteiger partial charge in [0, 0.05) is 5.56 Å². The molecule has 0 atom stereocenters. The second-order valence-electron chi connectivity index (χ2n) is 5.52. The Balaban J connectivity index is 1.88. The minimum atomic E-state index is -0.694. The molecule has 0 N–H and O–H groups in total. The zero-order chi connectivity index (χ0) is 19.8. The van der Waals surface area contributed by atoms with Gasteiger partial charge in [0.25, 0.3) is 0 Å². The van der Waals surface area contributed by atoms with Gasteiger partial charge in [-0.05, 0) is 49.4 Å². The summed E-state index contributed by atoms with van der Waals surface area (Å²) in [6.07, 6.45) is 0. The molecule has 142 valence electrons. The molecule has 0 aromatic heterocycles. The number of Topliss-reactive ketones (excluding diaryl/α,β-unsaturated/α-hetero) is 2. The largest absolute Gasteiger partial charge is 0.497 e. The van der Waals surface area contributed by atoms with Gasteiger partial charge in [-0.2, -0.15) is 0 Å². The lowest BCUT2D eigenvalue weighted by atomic mass is 10.1. The first kappa shape index (κ1) is 20.0. The molecule has 0 unspecified atom stereocenters. The van der Waals surface area contributed by atoms with Gasteiger partial charge >= 0.3 is 5.97 Å². The van der Waals surface area contributed by atoms with Gasteiger partial charge in [-0.15, -0.1) is 0 Å². The fourth-order valence-electron chi connectivity index (χ4n) is 2.23.